The lowest BCUT2D eigenvalue weighted by Crippen LogP contribution is -2.20. The van der Waals surface area contributed by atoms with Crippen LogP contribution in [0, 0.1) is 6.92 Å². The second-order valence-corrected chi connectivity index (χ2v) is 3.19. The monoisotopic (exact) mass is 177 g/mol. The van der Waals surface area contributed by atoms with Gasteiger partial charge in [-0.3, -0.25) is 9.36 Å². The molecule has 0 saturated carbocycles. The van der Waals surface area contributed by atoms with Crippen LogP contribution in [0.2, 0.25) is 0 Å². The second kappa shape index (κ2) is 2.45. The van der Waals surface area contributed by atoms with Gasteiger partial charge in [0.15, 0.2) is 0 Å². The predicted molar refractivity (Wildman–Crippen MR) is 50.7 cm³/mol. The number of nitrogens with zero attached hydrogens (tertiary/aromatic N) is 3. The first-order valence-electron chi connectivity index (χ1n) is 4.10. The van der Waals surface area contributed by atoms with E-state index < -0.39 is 0 Å². The largest absolute Gasteiger partial charge is 0.335 e. The Morgan fingerprint density at radius 1 is 1.38 bits per heavy atom. The summed E-state index contributed by atoms with van der Waals surface area (Å²) in [5, 5.41) is 0.676. The Morgan fingerprint density at radius 3 is 2.77 bits per heavy atom. The van der Waals surface area contributed by atoms with E-state index in [4.69, 9.17) is 0 Å². The van der Waals surface area contributed by atoms with Crippen LogP contribution in [-0.4, -0.2) is 14.1 Å². The van der Waals surface area contributed by atoms with E-state index in [1.165, 1.54) is 0 Å². The molecule has 2 aromatic rings. The van der Waals surface area contributed by atoms with Crippen molar-refractivity contribution in [2.45, 2.75) is 6.92 Å². The molecule has 2 heterocycles. The van der Waals surface area contributed by atoms with Gasteiger partial charge in [0.25, 0.3) is 5.56 Å². The summed E-state index contributed by atoms with van der Waals surface area (Å²) in [7, 11) is 3.62. The molecule has 4 nitrogen and oxygen atoms in total. The van der Waals surface area contributed by atoms with E-state index in [0.717, 1.165) is 11.5 Å². The number of aromatic nitrogens is 3. The van der Waals surface area contributed by atoms with Gasteiger partial charge in [0.05, 0.1) is 5.39 Å². The van der Waals surface area contributed by atoms with E-state index in [1.54, 1.807) is 17.7 Å². The molecule has 0 aliphatic carbocycles. The van der Waals surface area contributed by atoms with Crippen LogP contribution in [-0.2, 0) is 14.1 Å². The summed E-state index contributed by atoms with van der Waals surface area (Å²) < 4.78 is 3.41. The topological polar surface area (TPSA) is 39.8 Å². The van der Waals surface area contributed by atoms with Crippen LogP contribution in [0.1, 0.15) is 5.82 Å². The maximum atomic E-state index is 11.7. The molecule has 0 N–H and O–H groups in total. The molecule has 0 saturated heterocycles. The molecule has 4 heteroatoms. The van der Waals surface area contributed by atoms with Crippen molar-refractivity contribution in [1.29, 1.82) is 0 Å². The fraction of sp³-hybridized carbons (Fsp3) is 0.333. The number of rotatable bonds is 0. The molecule has 0 spiro atoms. The first-order chi connectivity index (χ1) is 6.11. The van der Waals surface area contributed by atoms with Crippen LogP contribution in [0.5, 0.6) is 0 Å². The Balaban J connectivity index is 3.05. The lowest BCUT2D eigenvalue weighted by Gasteiger charge is -2.02. The lowest BCUT2D eigenvalue weighted by molar-refractivity contribution is 0.784. The van der Waals surface area contributed by atoms with Crippen LogP contribution < -0.4 is 5.56 Å². The summed E-state index contributed by atoms with van der Waals surface area (Å²) in [6.07, 6.45) is 1.85. The zero-order valence-electron chi connectivity index (χ0n) is 7.90. The predicted octanol–water partition coefficient (Wildman–Crippen LogP) is 0.580. The van der Waals surface area contributed by atoms with E-state index in [1.807, 2.05) is 24.7 Å². The van der Waals surface area contributed by atoms with Gasteiger partial charge >= 0.3 is 0 Å². The van der Waals surface area contributed by atoms with Crippen molar-refractivity contribution in [2.75, 3.05) is 0 Å². The van der Waals surface area contributed by atoms with E-state index >= 15 is 0 Å². The highest BCUT2D eigenvalue weighted by molar-refractivity contribution is 5.74. The van der Waals surface area contributed by atoms with E-state index in [2.05, 4.69) is 4.98 Å². The summed E-state index contributed by atoms with van der Waals surface area (Å²) in [6, 6.07) is 1.80. The normalized spacial score (nSPS) is 11.0. The van der Waals surface area contributed by atoms with E-state index in [-0.39, 0.29) is 5.56 Å². The first-order valence-corrected chi connectivity index (χ1v) is 4.10. The molecule has 0 amide bonds. The minimum atomic E-state index is 0.0168. The molecule has 13 heavy (non-hydrogen) atoms. The molecule has 2 rings (SSSR count). The number of aryl methyl sites for hydroxylation is 2. The SMILES string of the molecule is Cc1nc2c(ccn2C)c(=O)n1C. The molecule has 0 aromatic carbocycles. The van der Waals surface area contributed by atoms with E-state index in [0.29, 0.717) is 5.39 Å². The summed E-state index contributed by atoms with van der Waals surface area (Å²) in [6.45, 7) is 1.83. The maximum Gasteiger partial charge on any atom is 0.262 e. The highest BCUT2D eigenvalue weighted by Crippen LogP contribution is 2.07. The van der Waals surface area contributed by atoms with Crippen molar-refractivity contribution < 1.29 is 0 Å². The minimum absolute atomic E-state index is 0.0168. The Bertz CT molecular complexity index is 521. The molecular weight excluding hydrogens is 166 g/mol. The van der Waals surface area contributed by atoms with Crippen molar-refractivity contribution in [3.05, 3.63) is 28.4 Å². The third-order valence-electron chi connectivity index (χ3n) is 2.33. The molecule has 0 radical (unpaired) electrons. The standard InChI is InChI=1S/C9H11N3O/c1-6-10-8-7(4-5-11(8)2)9(13)12(6)3/h4-5H,1-3H3. The summed E-state index contributed by atoms with van der Waals surface area (Å²) in [5.41, 5.74) is 0.767. The molecule has 0 unspecified atom stereocenters. The quantitative estimate of drug-likeness (QED) is 0.590. The number of hydrogen-bond donors (Lipinski definition) is 0. The van der Waals surface area contributed by atoms with Crippen LogP contribution in [0.4, 0.5) is 0 Å². The first kappa shape index (κ1) is 8.04. The highest BCUT2D eigenvalue weighted by Gasteiger charge is 2.06. The second-order valence-electron chi connectivity index (χ2n) is 3.19. The van der Waals surface area contributed by atoms with Crippen LogP contribution >= 0.6 is 0 Å². The molecule has 0 bridgehead atoms. The van der Waals surface area contributed by atoms with Gasteiger partial charge in [0.1, 0.15) is 11.5 Å². The Hall–Kier alpha value is -1.58. The lowest BCUT2D eigenvalue weighted by atomic mass is 10.4. The third-order valence-corrected chi connectivity index (χ3v) is 2.33. The molecule has 0 aliphatic rings. The maximum absolute atomic E-state index is 11.7. The van der Waals surface area contributed by atoms with Crippen LogP contribution in [0.3, 0.4) is 0 Å². The van der Waals surface area contributed by atoms with Gasteiger partial charge in [-0.05, 0) is 13.0 Å². The zero-order valence-corrected chi connectivity index (χ0v) is 7.90. The molecule has 0 atom stereocenters. The third kappa shape index (κ3) is 0.983. The van der Waals surface area contributed by atoms with Crippen LogP contribution in [0.25, 0.3) is 11.0 Å². The van der Waals surface area contributed by atoms with Crippen molar-refractivity contribution in [3.63, 3.8) is 0 Å². The molecule has 0 fully saturated rings. The van der Waals surface area contributed by atoms with Gasteiger partial charge in [-0.15, -0.1) is 0 Å². The van der Waals surface area contributed by atoms with Crippen molar-refractivity contribution >= 4 is 11.0 Å². The average Bonchev–Trinajstić information content (AvgIpc) is 2.45. The van der Waals surface area contributed by atoms with Gasteiger partial charge in [-0.1, -0.05) is 0 Å². The molecule has 0 aliphatic heterocycles. The fourth-order valence-corrected chi connectivity index (χ4v) is 1.38. The Kier molecular flexibility index (Phi) is 1.52. The minimum Gasteiger partial charge on any atom is -0.335 e. The summed E-state index contributed by atoms with van der Waals surface area (Å²) in [5.74, 6) is 0.735. The van der Waals surface area contributed by atoms with Crippen LogP contribution in [0.15, 0.2) is 17.1 Å². The Labute approximate surface area is 75.4 Å². The summed E-state index contributed by atoms with van der Waals surface area (Å²) >= 11 is 0. The number of fused-ring (bicyclic) bond motifs is 1. The van der Waals surface area contributed by atoms with Gasteiger partial charge in [-0.25, -0.2) is 4.98 Å². The summed E-state index contributed by atoms with van der Waals surface area (Å²) in [4.78, 5) is 16.0. The average molecular weight is 177 g/mol. The fourth-order valence-electron chi connectivity index (χ4n) is 1.38. The van der Waals surface area contributed by atoms with Gasteiger partial charge in [0, 0.05) is 20.3 Å². The molecule has 68 valence electrons. The van der Waals surface area contributed by atoms with Crippen molar-refractivity contribution in [1.82, 2.24) is 14.1 Å². The van der Waals surface area contributed by atoms with Gasteiger partial charge in [-0.2, -0.15) is 0 Å². The van der Waals surface area contributed by atoms with Crippen molar-refractivity contribution in [2.24, 2.45) is 14.1 Å². The van der Waals surface area contributed by atoms with Gasteiger partial charge < -0.3 is 4.57 Å². The smallest absolute Gasteiger partial charge is 0.262 e. The van der Waals surface area contributed by atoms with Gasteiger partial charge in [0.2, 0.25) is 0 Å². The molecule has 2 aromatic heterocycles. The number of hydrogen-bond acceptors (Lipinski definition) is 2. The molecular formula is C9H11N3O. The van der Waals surface area contributed by atoms with E-state index in [9.17, 15) is 4.79 Å². The zero-order chi connectivity index (χ0) is 9.59. The Morgan fingerprint density at radius 2 is 2.08 bits per heavy atom. The highest BCUT2D eigenvalue weighted by atomic mass is 16.1. The van der Waals surface area contributed by atoms with Crippen molar-refractivity contribution in [3.8, 4) is 0 Å².